The van der Waals surface area contributed by atoms with E-state index in [0.717, 1.165) is 27.7 Å². The van der Waals surface area contributed by atoms with Crippen molar-refractivity contribution in [3.63, 3.8) is 0 Å². The molecular formula is C18H17BrN2O2. The molecule has 1 aromatic heterocycles. The van der Waals surface area contributed by atoms with E-state index in [1.165, 1.54) is 0 Å². The number of benzene rings is 1. The molecule has 0 bridgehead atoms. The molecule has 1 aromatic carbocycles. The molecule has 0 saturated carbocycles. The minimum atomic E-state index is 0.0362. The standard InChI is InChI=1S/C18H17BrN2O2/c1-23-18-15(19)8-9-16(21-18)14(12-5-3-2-4-6-12)11-13-7-10-17(22)20-13/h2-6,8-9,11,13H,7,10H2,1H3,(H,20,22)/b14-11+/t13-/m1/s1. The van der Waals surface area contributed by atoms with Crippen molar-refractivity contribution in [2.45, 2.75) is 18.9 Å². The lowest BCUT2D eigenvalue weighted by Gasteiger charge is -2.13. The van der Waals surface area contributed by atoms with Crippen LogP contribution in [-0.2, 0) is 4.79 Å². The number of nitrogens with zero attached hydrogens (tertiary/aromatic N) is 1. The highest BCUT2D eigenvalue weighted by Gasteiger charge is 2.20. The first-order chi connectivity index (χ1) is 11.2. The number of rotatable bonds is 4. The molecule has 1 amide bonds. The number of methoxy groups -OCH3 is 1. The monoisotopic (exact) mass is 372 g/mol. The van der Waals surface area contributed by atoms with Crippen molar-refractivity contribution >= 4 is 27.4 Å². The van der Waals surface area contributed by atoms with Gasteiger partial charge in [0.1, 0.15) is 0 Å². The van der Waals surface area contributed by atoms with Gasteiger partial charge in [0, 0.05) is 18.0 Å². The van der Waals surface area contributed by atoms with Crippen molar-refractivity contribution < 1.29 is 9.53 Å². The number of hydrogen-bond acceptors (Lipinski definition) is 3. The number of carbonyl (C=O) groups excluding carboxylic acids is 1. The molecular weight excluding hydrogens is 356 g/mol. The van der Waals surface area contributed by atoms with Gasteiger partial charge in [0.25, 0.3) is 0 Å². The van der Waals surface area contributed by atoms with Crippen LogP contribution in [0.2, 0.25) is 0 Å². The van der Waals surface area contributed by atoms with E-state index in [1.54, 1.807) is 7.11 Å². The van der Waals surface area contributed by atoms with Crippen LogP contribution in [0.1, 0.15) is 24.1 Å². The molecule has 0 spiro atoms. The van der Waals surface area contributed by atoms with E-state index in [-0.39, 0.29) is 11.9 Å². The normalized spacial score (nSPS) is 17.9. The molecule has 23 heavy (non-hydrogen) atoms. The van der Waals surface area contributed by atoms with Gasteiger partial charge in [0.15, 0.2) is 0 Å². The average molecular weight is 373 g/mol. The quantitative estimate of drug-likeness (QED) is 0.892. The Balaban J connectivity index is 2.05. The van der Waals surface area contributed by atoms with E-state index < -0.39 is 0 Å². The Bertz CT molecular complexity index is 744. The summed E-state index contributed by atoms with van der Waals surface area (Å²) in [5.74, 6) is 0.639. The Hall–Kier alpha value is -2.14. The highest BCUT2D eigenvalue weighted by molar-refractivity contribution is 9.10. The molecule has 1 saturated heterocycles. The smallest absolute Gasteiger partial charge is 0.228 e. The van der Waals surface area contributed by atoms with Crippen molar-refractivity contribution in [2.75, 3.05) is 7.11 Å². The molecule has 2 aromatic rings. The molecule has 2 heterocycles. The number of pyridine rings is 1. The highest BCUT2D eigenvalue weighted by atomic mass is 79.9. The predicted molar refractivity (Wildman–Crippen MR) is 93.2 cm³/mol. The average Bonchev–Trinajstić information content (AvgIpc) is 2.99. The van der Waals surface area contributed by atoms with E-state index in [2.05, 4.69) is 32.3 Å². The third kappa shape index (κ3) is 3.62. The summed E-state index contributed by atoms with van der Waals surface area (Å²) in [5, 5.41) is 2.98. The molecule has 0 unspecified atom stereocenters. The summed E-state index contributed by atoms with van der Waals surface area (Å²) < 4.78 is 6.11. The van der Waals surface area contributed by atoms with Crippen LogP contribution in [0.4, 0.5) is 0 Å². The molecule has 3 rings (SSSR count). The lowest BCUT2D eigenvalue weighted by molar-refractivity contribution is -0.119. The van der Waals surface area contributed by atoms with Crippen LogP contribution in [0.3, 0.4) is 0 Å². The third-order valence-corrected chi connectivity index (χ3v) is 4.37. The summed E-state index contributed by atoms with van der Waals surface area (Å²) in [6.07, 6.45) is 3.46. The first-order valence-electron chi connectivity index (χ1n) is 7.45. The Morgan fingerprint density at radius 1 is 1.30 bits per heavy atom. The second-order valence-electron chi connectivity index (χ2n) is 5.35. The second-order valence-corrected chi connectivity index (χ2v) is 6.20. The topological polar surface area (TPSA) is 51.2 Å². The van der Waals surface area contributed by atoms with Gasteiger partial charge in [0.05, 0.1) is 17.3 Å². The number of ether oxygens (including phenoxy) is 1. The van der Waals surface area contributed by atoms with Crippen LogP contribution >= 0.6 is 15.9 Å². The zero-order chi connectivity index (χ0) is 16.2. The van der Waals surface area contributed by atoms with Crippen LogP contribution in [-0.4, -0.2) is 24.0 Å². The zero-order valence-electron chi connectivity index (χ0n) is 12.8. The number of amides is 1. The maximum Gasteiger partial charge on any atom is 0.228 e. The van der Waals surface area contributed by atoms with Gasteiger partial charge in [-0.05, 0) is 40.0 Å². The van der Waals surface area contributed by atoms with Gasteiger partial charge in [-0.25, -0.2) is 4.98 Å². The fourth-order valence-corrected chi connectivity index (χ4v) is 3.01. The van der Waals surface area contributed by atoms with Crippen molar-refractivity contribution in [2.24, 2.45) is 0 Å². The van der Waals surface area contributed by atoms with Gasteiger partial charge < -0.3 is 10.1 Å². The maximum absolute atomic E-state index is 11.5. The summed E-state index contributed by atoms with van der Waals surface area (Å²) >= 11 is 3.43. The third-order valence-electron chi connectivity index (χ3n) is 3.76. The number of aromatic nitrogens is 1. The molecule has 1 aliphatic heterocycles. The highest BCUT2D eigenvalue weighted by Crippen LogP contribution is 2.29. The molecule has 0 radical (unpaired) electrons. The Labute approximate surface area is 143 Å². The fraction of sp³-hybridized carbons (Fsp3) is 0.222. The Kier molecular flexibility index (Phi) is 4.76. The largest absolute Gasteiger partial charge is 0.480 e. The van der Waals surface area contributed by atoms with Crippen LogP contribution in [0.25, 0.3) is 5.57 Å². The van der Waals surface area contributed by atoms with Gasteiger partial charge in [-0.15, -0.1) is 0 Å². The number of nitrogens with one attached hydrogen (secondary N) is 1. The van der Waals surface area contributed by atoms with Crippen LogP contribution in [0, 0.1) is 0 Å². The van der Waals surface area contributed by atoms with E-state index >= 15 is 0 Å². The van der Waals surface area contributed by atoms with E-state index in [0.29, 0.717) is 12.3 Å². The Morgan fingerprint density at radius 2 is 2.09 bits per heavy atom. The first kappa shape index (κ1) is 15.7. The van der Waals surface area contributed by atoms with Gasteiger partial charge in [0.2, 0.25) is 11.8 Å². The summed E-state index contributed by atoms with van der Waals surface area (Å²) in [6.45, 7) is 0. The van der Waals surface area contributed by atoms with Crippen molar-refractivity contribution in [3.05, 3.63) is 64.3 Å². The van der Waals surface area contributed by atoms with Crippen molar-refractivity contribution in [1.29, 1.82) is 0 Å². The Morgan fingerprint density at radius 3 is 2.74 bits per heavy atom. The summed E-state index contributed by atoms with van der Waals surface area (Å²) in [6, 6.07) is 14.0. The molecule has 4 nitrogen and oxygen atoms in total. The minimum absolute atomic E-state index is 0.0362. The van der Waals surface area contributed by atoms with Crippen molar-refractivity contribution in [3.8, 4) is 5.88 Å². The van der Waals surface area contributed by atoms with E-state index in [9.17, 15) is 4.79 Å². The molecule has 5 heteroatoms. The number of halogens is 1. The number of carbonyl (C=O) groups is 1. The summed E-state index contributed by atoms with van der Waals surface area (Å²) in [5.41, 5.74) is 2.87. The second kappa shape index (κ2) is 6.96. The van der Waals surface area contributed by atoms with Gasteiger partial charge >= 0.3 is 0 Å². The van der Waals surface area contributed by atoms with Crippen LogP contribution in [0.15, 0.2) is 53.0 Å². The molecule has 1 atom stereocenters. The molecule has 0 aliphatic carbocycles. The SMILES string of the molecule is COc1nc(/C(=C/[C@H]2CCC(=O)N2)c2ccccc2)ccc1Br. The van der Waals surface area contributed by atoms with Crippen molar-refractivity contribution in [1.82, 2.24) is 10.3 Å². The predicted octanol–water partition coefficient (Wildman–Crippen LogP) is 3.56. The lowest BCUT2D eigenvalue weighted by atomic mass is 9.99. The lowest BCUT2D eigenvalue weighted by Crippen LogP contribution is -2.23. The molecule has 1 fully saturated rings. The number of hydrogen-bond donors (Lipinski definition) is 1. The van der Waals surface area contributed by atoms with Crippen LogP contribution < -0.4 is 10.1 Å². The first-order valence-corrected chi connectivity index (χ1v) is 8.24. The molecule has 118 valence electrons. The van der Waals surface area contributed by atoms with Gasteiger partial charge in [-0.1, -0.05) is 36.4 Å². The molecule has 1 aliphatic rings. The maximum atomic E-state index is 11.5. The summed E-state index contributed by atoms with van der Waals surface area (Å²) in [7, 11) is 1.60. The molecule has 1 N–H and O–H groups in total. The summed E-state index contributed by atoms with van der Waals surface area (Å²) in [4.78, 5) is 16.0. The fourth-order valence-electron chi connectivity index (χ4n) is 2.63. The zero-order valence-corrected chi connectivity index (χ0v) is 14.3. The van der Waals surface area contributed by atoms with E-state index in [1.807, 2.05) is 42.5 Å². The minimum Gasteiger partial charge on any atom is -0.480 e. The van der Waals surface area contributed by atoms with Crippen LogP contribution in [0.5, 0.6) is 5.88 Å². The van der Waals surface area contributed by atoms with E-state index in [4.69, 9.17) is 4.74 Å². The van der Waals surface area contributed by atoms with Gasteiger partial charge in [-0.3, -0.25) is 4.79 Å². The van der Waals surface area contributed by atoms with Gasteiger partial charge in [-0.2, -0.15) is 0 Å².